The summed E-state index contributed by atoms with van der Waals surface area (Å²) in [5.41, 5.74) is 0. The Hall–Kier alpha value is -0.660. The van der Waals surface area contributed by atoms with Gasteiger partial charge in [0, 0.05) is 26.7 Å². The maximum Gasteiger partial charge on any atom is 0.220 e. The van der Waals surface area contributed by atoms with Gasteiger partial charge in [0.2, 0.25) is 15.9 Å². The monoisotopic (exact) mass is 252 g/mol. The molecule has 16 heavy (non-hydrogen) atoms. The second-order valence-electron chi connectivity index (χ2n) is 3.84. The lowest BCUT2D eigenvalue weighted by Gasteiger charge is -2.10. The zero-order chi connectivity index (χ0) is 12.6. The lowest BCUT2D eigenvalue weighted by molar-refractivity contribution is -0.122. The smallest absolute Gasteiger partial charge is 0.220 e. The third-order valence-corrected chi connectivity index (χ3v) is 2.77. The fourth-order valence-electron chi connectivity index (χ4n) is 1.23. The van der Waals surface area contributed by atoms with Crippen LogP contribution in [0.4, 0.5) is 0 Å². The molecule has 0 bridgehead atoms. The number of rotatable bonds is 8. The van der Waals surface area contributed by atoms with E-state index in [0.29, 0.717) is 26.0 Å². The summed E-state index contributed by atoms with van der Waals surface area (Å²) >= 11 is 0. The van der Waals surface area contributed by atoms with Gasteiger partial charge in [0.1, 0.15) is 0 Å². The zero-order valence-electron chi connectivity index (χ0n) is 9.73. The first kappa shape index (κ1) is 15.3. The van der Waals surface area contributed by atoms with Crippen molar-refractivity contribution in [3.05, 3.63) is 0 Å². The highest BCUT2D eigenvalue weighted by atomic mass is 32.2. The number of carbonyl (C=O) groups is 1. The van der Waals surface area contributed by atoms with Crippen LogP contribution in [0.3, 0.4) is 0 Å². The molecule has 3 N–H and O–H groups in total. The Labute approximate surface area is 96.6 Å². The van der Waals surface area contributed by atoms with E-state index in [-0.39, 0.29) is 17.6 Å². The molecule has 0 rings (SSSR count). The Morgan fingerprint density at radius 3 is 2.62 bits per heavy atom. The van der Waals surface area contributed by atoms with Crippen molar-refractivity contribution in [2.24, 2.45) is 11.1 Å². The van der Waals surface area contributed by atoms with Crippen LogP contribution in [0.2, 0.25) is 0 Å². The Kier molecular flexibility index (Phi) is 7.27. The molecule has 0 aromatic heterocycles. The second kappa shape index (κ2) is 7.59. The lowest BCUT2D eigenvalue weighted by atomic mass is 10.1. The van der Waals surface area contributed by atoms with Crippen LogP contribution < -0.4 is 10.5 Å². The van der Waals surface area contributed by atoms with E-state index in [1.165, 1.54) is 0 Å². The van der Waals surface area contributed by atoms with E-state index in [1.807, 2.05) is 6.92 Å². The van der Waals surface area contributed by atoms with Gasteiger partial charge < -0.3 is 10.1 Å². The van der Waals surface area contributed by atoms with Gasteiger partial charge in [-0.3, -0.25) is 4.79 Å². The van der Waals surface area contributed by atoms with Crippen molar-refractivity contribution in [3.63, 3.8) is 0 Å². The first-order valence-electron chi connectivity index (χ1n) is 5.11. The molecule has 0 aliphatic carbocycles. The van der Waals surface area contributed by atoms with Gasteiger partial charge >= 0.3 is 0 Å². The molecule has 0 spiro atoms. The number of ether oxygens (including phenoxy) is 1. The maximum atomic E-state index is 11.3. The molecule has 0 aromatic carbocycles. The van der Waals surface area contributed by atoms with Gasteiger partial charge in [-0.1, -0.05) is 6.92 Å². The van der Waals surface area contributed by atoms with E-state index in [2.05, 4.69) is 5.32 Å². The molecule has 0 heterocycles. The predicted octanol–water partition coefficient (Wildman–Crippen LogP) is -0.546. The van der Waals surface area contributed by atoms with Crippen molar-refractivity contribution in [2.75, 3.05) is 26.0 Å². The Morgan fingerprint density at radius 2 is 2.12 bits per heavy atom. The molecule has 0 saturated carbocycles. The fourth-order valence-corrected chi connectivity index (χ4v) is 1.78. The third-order valence-electron chi connectivity index (χ3n) is 1.91. The summed E-state index contributed by atoms with van der Waals surface area (Å²) in [6.45, 7) is 2.77. The van der Waals surface area contributed by atoms with Crippen LogP contribution in [0.15, 0.2) is 0 Å². The fraction of sp³-hybridized carbons (Fsp3) is 0.889. The van der Waals surface area contributed by atoms with Crippen LogP contribution in [0.25, 0.3) is 0 Å². The highest BCUT2D eigenvalue weighted by Gasteiger charge is 2.08. The molecule has 0 radical (unpaired) electrons. The first-order valence-corrected chi connectivity index (χ1v) is 6.83. The highest BCUT2D eigenvalue weighted by Crippen LogP contribution is 2.01. The number of hydrogen-bond donors (Lipinski definition) is 2. The number of nitrogens with two attached hydrogens (primary N) is 1. The van der Waals surface area contributed by atoms with Gasteiger partial charge in [0.25, 0.3) is 0 Å². The topological polar surface area (TPSA) is 98.5 Å². The Morgan fingerprint density at radius 1 is 1.50 bits per heavy atom. The average Bonchev–Trinajstić information content (AvgIpc) is 2.11. The highest BCUT2D eigenvalue weighted by molar-refractivity contribution is 7.89. The molecule has 1 unspecified atom stereocenters. The van der Waals surface area contributed by atoms with Gasteiger partial charge in [-0.05, 0) is 12.3 Å². The minimum atomic E-state index is -3.43. The van der Waals surface area contributed by atoms with E-state index in [0.717, 1.165) is 0 Å². The van der Waals surface area contributed by atoms with E-state index >= 15 is 0 Å². The zero-order valence-corrected chi connectivity index (χ0v) is 10.5. The largest absolute Gasteiger partial charge is 0.384 e. The van der Waals surface area contributed by atoms with E-state index in [1.54, 1.807) is 7.11 Å². The van der Waals surface area contributed by atoms with Gasteiger partial charge in [-0.25, -0.2) is 13.6 Å². The molecule has 0 saturated heterocycles. The summed E-state index contributed by atoms with van der Waals surface area (Å²) in [6, 6.07) is 0. The standard InChI is InChI=1S/C9H20N2O4S/c1-8(7-15-2)6-9(12)11-4-3-5-16(10,13)14/h8H,3-7H2,1-2H3,(H,11,12)(H2,10,13,14). The van der Waals surface area contributed by atoms with Crippen LogP contribution in [0, 0.1) is 5.92 Å². The Bertz CT molecular complexity index is 303. The predicted molar refractivity (Wildman–Crippen MR) is 61.3 cm³/mol. The summed E-state index contributed by atoms with van der Waals surface area (Å²) in [5, 5.41) is 7.45. The van der Waals surface area contributed by atoms with Crippen molar-refractivity contribution in [1.29, 1.82) is 0 Å². The molecule has 0 aliphatic rings. The molecular weight excluding hydrogens is 232 g/mol. The minimum absolute atomic E-state index is 0.0982. The average molecular weight is 252 g/mol. The lowest BCUT2D eigenvalue weighted by Crippen LogP contribution is -2.29. The second-order valence-corrected chi connectivity index (χ2v) is 5.57. The summed E-state index contributed by atoms with van der Waals surface area (Å²) in [5.74, 6) is -0.0526. The van der Waals surface area contributed by atoms with Gasteiger partial charge in [-0.15, -0.1) is 0 Å². The molecule has 0 aliphatic heterocycles. The van der Waals surface area contributed by atoms with Crippen molar-refractivity contribution < 1.29 is 17.9 Å². The number of hydrogen-bond acceptors (Lipinski definition) is 4. The number of sulfonamides is 1. The van der Waals surface area contributed by atoms with Crippen LogP contribution in [-0.4, -0.2) is 40.3 Å². The summed E-state index contributed by atoms with van der Waals surface area (Å²) in [4.78, 5) is 11.3. The van der Waals surface area contributed by atoms with Crippen molar-refractivity contribution in [2.45, 2.75) is 19.8 Å². The van der Waals surface area contributed by atoms with Gasteiger partial charge in [-0.2, -0.15) is 0 Å². The van der Waals surface area contributed by atoms with Crippen molar-refractivity contribution >= 4 is 15.9 Å². The maximum absolute atomic E-state index is 11.3. The first-order chi connectivity index (χ1) is 7.35. The molecule has 0 fully saturated rings. The summed E-state index contributed by atoms with van der Waals surface area (Å²) < 4.78 is 26.1. The molecule has 6 nitrogen and oxygen atoms in total. The molecule has 96 valence electrons. The third kappa shape index (κ3) is 9.88. The molecule has 7 heteroatoms. The normalized spacial score (nSPS) is 13.4. The number of methoxy groups -OCH3 is 1. The molecule has 1 atom stereocenters. The number of amides is 1. The minimum Gasteiger partial charge on any atom is -0.384 e. The number of nitrogens with one attached hydrogen (secondary N) is 1. The Balaban J connectivity index is 3.59. The summed E-state index contributed by atoms with van der Waals surface area (Å²) in [6.07, 6.45) is 0.715. The van der Waals surface area contributed by atoms with Crippen LogP contribution >= 0.6 is 0 Å². The van der Waals surface area contributed by atoms with Crippen molar-refractivity contribution in [3.8, 4) is 0 Å². The summed E-state index contributed by atoms with van der Waals surface area (Å²) in [7, 11) is -1.84. The van der Waals surface area contributed by atoms with Crippen molar-refractivity contribution in [1.82, 2.24) is 5.32 Å². The number of primary sulfonamides is 1. The molecule has 0 aromatic rings. The van der Waals surface area contributed by atoms with Crippen LogP contribution in [0.5, 0.6) is 0 Å². The van der Waals surface area contributed by atoms with Crippen LogP contribution in [-0.2, 0) is 19.6 Å². The van der Waals surface area contributed by atoms with E-state index < -0.39 is 10.0 Å². The van der Waals surface area contributed by atoms with E-state index in [9.17, 15) is 13.2 Å². The molecular formula is C9H20N2O4S. The van der Waals surface area contributed by atoms with Gasteiger partial charge in [0.15, 0.2) is 0 Å². The van der Waals surface area contributed by atoms with E-state index in [4.69, 9.17) is 9.88 Å². The number of carbonyl (C=O) groups excluding carboxylic acids is 1. The quantitative estimate of drug-likeness (QED) is 0.566. The SMILES string of the molecule is COCC(C)CC(=O)NCCCS(N)(=O)=O. The molecule has 1 amide bonds. The van der Waals surface area contributed by atoms with Gasteiger partial charge in [0.05, 0.1) is 5.75 Å². The van der Waals surface area contributed by atoms with Crippen LogP contribution in [0.1, 0.15) is 19.8 Å².